The number of unbranched alkanes of at least 4 members (excludes halogenated alkanes) is 8. The smallest absolute Gasteiger partial charge is 0.220 e. The number of hydrogen-bond acceptors (Lipinski definition) is 1. The van der Waals surface area contributed by atoms with Gasteiger partial charge < -0.3 is 5.32 Å². The first-order valence-electron chi connectivity index (χ1n) is 10.1. The lowest BCUT2D eigenvalue weighted by molar-refractivity contribution is -0.122. The van der Waals surface area contributed by atoms with Crippen LogP contribution in [0.4, 0.5) is 0 Å². The summed E-state index contributed by atoms with van der Waals surface area (Å²) in [5, 5.41) is 3.02. The second-order valence-electron chi connectivity index (χ2n) is 7.78. The summed E-state index contributed by atoms with van der Waals surface area (Å²) in [7, 11) is 0. The Bertz CT molecular complexity index is 349. The van der Waals surface area contributed by atoms with Gasteiger partial charge in [-0.15, -0.1) is 0 Å². The minimum atomic E-state index is -0.103. The number of amides is 1. The quantitative estimate of drug-likeness (QED) is 0.277. The first-order valence-corrected chi connectivity index (χ1v) is 10.1. The van der Waals surface area contributed by atoms with E-state index in [1.807, 2.05) is 20.8 Å². The molecule has 0 fully saturated rings. The number of allylic oxidation sites excluding steroid dienone is 4. The fourth-order valence-corrected chi connectivity index (χ4v) is 2.58. The van der Waals surface area contributed by atoms with Gasteiger partial charge in [-0.2, -0.15) is 0 Å². The van der Waals surface area contributed by atoms with E-state index < -0.39 is 0 Å². The highest BCUT2D eigenvalue weighted by Gasteiger charge is 2.12. The average Bonchev–Trinajstić information content (AvgIpc) is 2.49. The minimum absolute atomic E-state index is 0.103. The van der Waals surface area contributed by atoms with E-state index >= 15 is 0 Å². The molecule has 1 N–H and O–H groups in total. The second kappa shape index (κ2) is 15.5. The molecule has 0 saturated heterocycles. The van der Waals surface area contributed by atoms with Crippen molar-refractivity contribution in [1.82, 2.24) is 5.32 Å². The van der Waals surface area contributed by atoms with Gasteiger partial charge in [0.25, 0.3) is 0 Å². The number of carbonyl (C=O) groups excluding carboxylic acids is 1. The number of carbonyl (C=O) groups is 1. The normalized spacial score (nSPS) is 12.3. The zero-order valence-corrected chi connectivity index (χ0v) is 16.7. The van der Waals surface area contributed by atoms with Crippen LogP contribution in [0.1, 0.15) is 105 Å². The summed E-state index contributed by atoms with van der Waals surface area (Å²) in [6.07, 6.45) is 23.3. The lowest BCUT2D eigenvalue weighted by atomic mass is 10.1. The fraction of sp³-hybridized carbons (Fsp3) is 0.773. The van der Waals surface area contributed by atoms with Crippen LogP contribution in [0.15, 0.2) is 24.3 Å². The van der Waals surface area contributed by atoms with Gasteiger partial charge in [-0.05, 0) is 59.3 Å². The van der Waals surface area contributed by atoms with Crippen LogP contribution >= 0.6 is 0 Å². The third-order valence-electron chi connectivity index (χ3n) is 3.87. The summed E-state index contributed by atoms with van der Waals surface area (Å²) in [5.41, 5.74) is -0.103. The molecule has 0 rings (SSSR count). The molecule has 0 spiro atoms. The maximum absolute atomic E-state index is 11.7. The van der Waals surface area contributed by atoms with Gasteiger partial charge in [0.15, 0.2) is 0 Å². The topological polar surface area (TPSA) is 29.1 Å². The highest BCUT2D eigenvalue weighted by Crippen LogP contribution is 2.09. The van der Waals surface area contributed by atoms with Crippen molar-refractivity contribution in [3.63, 3.8) is 0 Å². The van der Waals surface area contributed by atoms with Crippen LogP contribution in [0, 0.1) is 0 Å². The van der Waals surface area contributed by atoms with Crippen molar-refractivity contribution in [2.45, 2.75) is 110 Å². The lowest BCUT2D eigenvalue weighted by Gasteiger charge is -2.20. The highest BCUT2D eigenvalue weighted by atomic mass is 16.1. The first-order chi connectivity index (χ1) is 11.5. The Morgan fingerprint density at radius 1 is 0.792 bits per heavy atom. The summed E-state index contributed by atoms with van der Waals surface area (Å²) < 4.78 is 0. The Morgan fingerprint density at radius 2 is 1.33 bits per heavy atom. The van der Waals surface area contributed by atoms with Gasteiger partial charge in [0.2, 0.25) is 5.91 Å². The maximum Gasteiger partial charge on any atom is 0.220 e. The van der Waals surface area contributed by atoms with Crippen molar-refractivity contribution in [2.24, 2.45) is 0 Å². The standard InChI is InChI=1S/C22H41NO/c1-5-6-7-8-9-10-11-12-13-14-15-16-17-18-19-20-21(24)23-22(2,3)4/h9-10,12-13H,5-8,11,14-20H2,1-4H3,(H,23,24)/b10-9-,13-12-. The van der Waals surface area contributed by atoms with Gasteiger partial charge in [-0.1, -0.05) is 63.3 Å². The molecular formula is C22H41NO. The summed E-state index contributed by atoms with van der Waals surface area (Å²) in [6.45, 7) is 8.33. The molecule has 0 atom stereocenters. The molecule has 0 unspecified atom stereocenters. The van der Waals surface area contributed by atoms with Crippen LogP contribution in [-0.2, 0) is 4.79 Å². The van der Waals surface area contributed by atoms with Gasteiger partial charge >= 0.3 is 0 Å². The Kier molecular flexibility index (Phi) is 14.8. The summed E-state index contributed by atoms with van der Waals surface area (Å²) >= 11 is 0. The Hall–Kier alpha value is -1.05. The molecule has 140 valence electrons. The number of nitrogens with one attached hydrogen (secondary N) is 1. The molecule has 1 amide bonds. The van der Waals surface area contributed by atoms with Gasteiger partial charge in [-0.25, -0.2) is 0 Å². The van der Waals surface area contributed by atoms with Crippen molar-refractivity contribution in [2.75, 3.05) is 0 Å². The maximum atomic E-state index is 11.7. The van der Waals surface area contributed by atoms with Crippen LogP contribution < -0.4 is 5.32 Å². The summed E-state index contributed by atoms with van der Waals surface area (Å²) in [5.74, 6) is 0.188. The number of hydrogen-bond donors (Lipinski definition) is 1. The van der Waals surface area contributed by atoms with Gasteiger partial charge in [-0.3, -0.25) is 4.79 Å². The van der Waals surface area contributed by atoms with Crippen molar-refractivity contribution in [3.05, 3.63) is 24.3 Å². The molecule has 0 aliphatic heterocycles. The molecule has 0 aromatic carbocycles. The molecule has 0 aromatic heterocycles. The second-order valence-corrected chi connectivity index (χ2v) is 7.78. The zero-order valence-electron chi connectivity index (χ0n) is 16.7. The van der Waals surface area contributed by atoms with Gasteiger partial charge in [0.05, 0.1) is 0 Å². The monoisotopic (exact) mass is 335 g/mol. The van der Waals surface area contributed by atoms with E-state index in [1.165, 1.54) is 57.8 Å². The Labute approximate surface area is 151 Å². The van der Waals surface area contributed by atoms with Gasteiger partial charge in [0, 0.05) is 12.0 Å². The first kappa shape index (κ1) is 22.9. The van der Waals surface area contributed by atoms with E-state index in [0.29, 0.717) is 6.42 Å². The van der Waals surface area contributed by atoms with E-state index in [9.17, 15) is 4.79 Å². The molecule has 0 radical (unpaired) electrons. The molecular weight excluding hydrogens is 294 g/mol. The predicted molar refractivity (Wildman–Crippen MR) is 107 cm³/mol. The Morgan fingerprint density at radius 3 is 1.92 bits per heavy atom. The third kappa shape index (κ3) is 19.0. The SMILES string of the molecule is CCCCC/C=C\C/C=C\CCCCCCCC(=O)NC(C)(C)C. The molecule has 0 bridgehead atoms. The summed E-state index contributed by atoms with van der Waals surface area (Å²) in [4.78, 5) is 11.7. The molecule has 2 nitrogen and oxygen atoms in total. The Balaban J connectivity index is 3.33. The van der Waals surface area contributed by atoms with E-state index in [4.69, 9.17) is 0 Å². The van der Waals surface area contributed by atoms with Crippen LogP contribution in [0.5, 0.6) is 0 Å². The van der Waals surface area contributed by atoms with E-state index in [0.717, 1.165) is 12.8 Å². The van der Waals surface area contributed by atoms with E-state index in [1.54, 1.807) is 0 Å². The van der Waals surface area contributed by atoms with E-state index in [-0.39, 0.29) is 11.4 Å². The number of rotatable bonds is 14. The highest BCUT2D eigenvalue weighted by molar-refractivity contribution is 5.76. The summed E-state index contributed by atoms with van der Waals surface area (Å²) in [6, 6.07) is 0. The molecule has 24 heavy (non-hydrogen) atoms. The minimum Gasteiger partial charge on any atom is -0.352 e. The molecule has 0 aromatic rings. The fourth-order valence-electron chi connectivity index (χ4n) is 2.58. The van der Waals surface area contributed by atoms with Crippen molar-refractivity contribution >= 4 is 5.91 Å². The van der Waals surface area contributed by atoms with Crippen LogP contribution in [0.2, 0.25) is 0 Å². The molecule has 0 aliphatic rings. The van der Waals surface area contributed by atoms with Crippen molar-refractivity contribution < 1.29 is 4.79 Å². The molecule has 0 saturated carbocycles. The predicted octanol–water partition coefficient (Wildman–Crippen LogP) is 6.71. The van der Waals surface area contributed by atoms with Crippen molar-refractivity contribution in [3.8, 4) is 0 Å². The molecule has 2 heteroatoms. The third-order valence-corrected chi connectivity index (χ3v) is 3.87. The zero-order chi connectivity index (χ0) is 18.1. The molecule has 0 aliphatic carbocycles. The average molecular weight is 336 g/mol. The van der Waals surface area contributed by atoms with Gasteiger partial charge in [0.1, 0.15) is 0 Å². The molecule has 0 heterocycles. The lowest BCUT2D eigenvalue weighted by Crippen LogP contribution is -2.40. The van der Waals surface area contributed by atoms with E-state index in [2.05, 4.69) is 36.5 Å². The van der Waals surface area contributed by atoms with Crippen LogP contribution in [-0.4, -0.2) is 11.4 Å². The van der Waals surface area contributed by atoms with Crippen LogP contribution in [0.3, 0.4) is 0 Å². The van der Waals surface area contributed by atoms with Crippen molar-refractivity contribution in [1.29, 1.82) is 0 Å². The van der Waals surface area contributed by atoms with Crippen LogP contribution in [0.25, 0.3) is 0 Å². The largest absolute Gasteiger partial charge is 0.352 e.